The fourth-order valence-corrected chi connectivity index (χ4v) is 5.77. The van der Waals surface area contributed by atoms with Gasteiger partial charge in [0, 0.05) is 11.5 Å². The van der Waals surface area contributed by atoms with Gasteiger partial charge >= 0.3 is 12.0 Å². The number of alkyl halides is 2. The summed E-state index contributed by atoms with van der Waals surface area (Å²) < 4.78 is 41.4. The highest BCUT2D eigenvalue weighted by atomic mass is 19.3. The van der Waals surface area contributed by atoms with Crippen molar-refractivity contribution in [1.82, 2.24) is 4.90 Å². The average molecular weight is 500 g/mol. The van der Waals surface area contributed by atoms with E-state index in [-0.39, 0.29) is 28.9 Å². The first kappa shape index (κ1) is 25.8. The molecule has 1 fully saturated rings. The van der Waals surface area contributed by atoms with E-state index in [9.17, 15) is 14.4 Å². The van der Waals surface area contributed by atoms with Gasteiger partial charge in [0.05, 0.1) is 0 Å². The van der Waals surface area contributed by atoms with Gasteiger partial charge in [0.2, 0.25) is 0 Å². The normalized spacial score (nSPS) is 24.2. The fourth-order valence-electron chi connectivity index (χ4n) is 5.77. The lowest BCUT2D eigenvalue weighted by atomic mass is 9.66. The standard InChI is InChI=1S/C28H31F2NO5/c1-26(2,19-11-5-4-6-12-19)22-15-9-10-16-23(22)36-25(34)31-24(33)20-13-7-8-14-21(20)27(31,3)28(29,30)17-35-18-32/h4-8,11-14,18,22-23H,9-10,15-17H2,1-3H3/t22-,23-,27-/m0/s1. The van der Waals surface area contributed by atoms with E-state index in [1.165, 1.54) is 18.2 Å². The molecule has 0 N–H and O–H groups in total. The van der Waals surface area contributed by atoms with Gasteiger partial charge in [0.15, 0.2) is 6.61 Å². The lowest BCUT2D eigenvalue weighted by Gasteiger charge is -2.44. The van der Waals surface area contributed by atoms with Crippen LogP contribution in [-0.2, 0) is 25.2 Å². The fraction of sp³-hybridized carbons (Fsp3) is 0.464. The van der Waals surface area contributed by atoms with Crippen molar-refractivity contribution in [2.75, 3.05) is 6.61 Å². The van der Waals surface area contributed by atoms with Crippen molar-refractivity contribution in [3.05, 3.63) is 71.3 Å². The molecule has 1 heterocycles. The van der Waals surface area contributed by atoms with E-state index in [0.29, 0.717) is 11.3 Å². The second-order valence-electron chi connectivity index (χ2n) is 10.3. The molecule has 3 atom stereocenters. The van der Waals surface area contributed by atoms with Crippen LogP contribution in [0, 0.1) is 5.92 Å². The number of halogens is 2. The van der Waals surface area contributed by atoms with E-state index in [2.05, 4.69) is 18.6 Å². The smallest absolute Gasteiger partial charge is 0.418 e. The van der Waals surface area contributed by atoms with Crippen molar-refractivity contribution in [3.8, 4) is 0 Å². The minimum Gasteiger partial charge on any atom is -0.461 e. The van der Waals surface area contributed by atoms with Crippen molar-refractivity contribution in [2.45, 2.75) is 69.4 Å². The number of amides is 2. The molecule has 1 aliphatic carbocycles. The second kappa shape index (κ2) is 9.64. The molecular formula is C28H31F2NO5. The molecule has 2 aromatic carbocycles. The number of hydrogen-bond acceptors (Lipinski definition) is 5. The van der Waals surface area contributed by atoms with Gasteiger partial charge in [-0.1, -0.05) is 68.8 Å². The molecular weight excluding hydrogens is 468 g/mol. The van der Waals surface area contributed by atoms with Gasteiger partial charge in [-0.05, 0) is 48.8 Å². The summed E-state index contributed by atoms with van der Waals surface area (Å²) in [5.41, 5.74) is -1.68. The average Bonchev–Trinajstić information content (AvgIpc) is 3.11. The molecule has 6 nitrogen and oxygen atoms in total. The number of nitrogens with zero attached hydrogens (tertiary/aromatic N) is 1. The number of imide groups is 1. The zero-order valence-corrected chi connectivity index (χ0v) is 20.7. The van der Waals surface area contributed by atoms with Crippen LogP contribution in [0.3, 0.4) is 0 Å². The Morgan fingerprint density at radius 2 is 1.72 bits per heavy atom. The van der Waals surface area contributed by atoms with Crippen molar-refractivity contribution < 1.29 is 32.6 Å². The molecule has 0 unspecified atom stereocenters. The highest BCUT2D eigenvalue weighted by Crippen LogP contribution is 2.50. The van der Waals surface area contributed by atoms with E-state index in [1.807, 2.05) is 30.3 Å². The van der Waals surface area contributed by atoms with Crippen LogP contribution in [-0.4, -0.2) is 42.0 Å². The first-order chi connectivity index (χ1) is 17.1. The van der Waals surface area contributed by atoms with Crippen LogP contribution in [0.4, 0.5) is 13.6 Å². The lowest BCUT2D eigenvalue weighted by Crippen LogP contribution is -2.58. The van der Waals surface area contributed by atoms with Gasteiger partial charge in [-0.3, -0.25) is 9.59 Å². The minimum atomic E-state index is -3.76. The van der Waals surface area contributed by atoms with Crippen LogP contribution in [0.25, 0.3) is 0 Å². The Morgan fingerprint density at radius 1 is 1.08 bits per heavy atom. The molecule has 1 aliphatic heterocycles. The Morgan fingerprint density at radius 3 is 2.42 bits per heavy atom. The van der Waals surface area contributed by atoms with Crippen molar-refractivity contribution in [3.63, 3.8) is 0 Å². The molecule has 0 aromatic heterocycles. The molecule has 0 radical (unpaired) electrons. The molecule has 0 bridgehead atoms. The maximum Gasteiger partial charge on any atom is 0.418 e. The molecule has 0 saturated heterocycles. The van der Waals surface area contributed by atoms with E-state index in [4.69, 9.17) is 4.74 Å². The third-order valence-electron chi connectivity index (χ3n) is 7.96. The molecule has 4 rings (SSSR count). The summed E-state index contributed by atoms with van der Waals surface area (Å²) in [5, 5.41) is 0. The van der Waals surface area contributed by atoms with Gasteiger partial charge < -0.3 is 9.47 Å². The number of ether oxygens (including phenoxy) is 2. The molecule has 36 heavy (non-hydrogen) atoms. The largest absolute Gasteiger partial charge is 0.461 e. The Kier molecular flexibility index (Phi) is 6.90. The Hall–Kier alpha value is -3.29. The van der Waals surface area contributed by atoms with Crippen molar-refractivity contribution >= 4 is 18.5 Å². The number of carbonyl (C=O) groups excluding carboxylic acids is 3. The summed E-state index contributed by atoms with van der Waals surface area (Å²) >= 11 is 0. The summed E-state index contributed by atoms with van der Waals surface area (Å²) in [6.45, 7) is 3.92. The Labute approximate surface area is 209 Å². The Balaban J connectivity index is 1.68. The van der Waals surface area contributed by atoms with Crippen LogP contribution < -0.4 is 0 Å². The van der Waals surface area contributed by atoms with Crippen LogP contribution in [0.1, 0.15) is 67.9 Å². The van der Waals surface area contributed by atoms with Crippen molar-refractivity contribution in [2.24, 2.45) is 5.92 Å². The van der Waals surface area contributed by atoms with Crippen molar-refractivity contribution in [1.29, 1.82) is 0 Å². The lowest BCUT2D eigenvalue weighted by molar-refractivity contribution is -0.167. The van der Waals surface area contributed by atoms with Crippen LogP contribution in [0.2, 0.25) is 0 Å². The number of fused-ring (bicyclic) bond motifs is 1. The first-order valence-corrected chi connectivity index (χ1v) is 12.2. The third-order valence-corrected chi connectivity index (χ3v) is 7.96. The number of rotatable bonds is 7. The van der Waals surface area contributed by atoms with E-state index < -0.39 is 36.2 Å². The van der Waals surface area contributed by atoms with E-state index >= 15 is 8.78 Å². The number of hydrogen-bond donors (Lipinski definition) is 0. The number of benzene rings is 2. The summed E-state index contributed by atoms with van der Waals surface area (Å²) in [7, 11) is 0. The molecule has 8 heteroatoms. The predicted molar refractivity (Wildman–Crippen MR) is 129 cm³/mol. The highest BCUT2D eigenvalue weighted by molar-refractivity contribution is 6.08. The maximum absolute atomic E-state index is 15.5. The summed E-state index contributed by atoms with van der Waals surface area (Å²) in [6, 6.07) is 15.8. The topological polar surface area (TPSA) is 72.9 Å². The molecule has 2 amide bonds. The molecule has 2 aromatic rings. The monoisotopic (exact) mass is 499 g/mol. The SMILES string of the molecule is CC(C)(c1ccccc1)[C@H]1CCCC[C@@H]1OC(=O)N1C(=O)c2ccccc2[C@@]1(C)C(F)(F)COC=O. The van der Waals surface area contributed by atoms with Crippen LogP contribution in [0.15, 0.2) is 54.6 Å². The molecule has 192 valence electrons. The summed E-state index contributed by atoms with van der Waals surface area (Å²) in [5.74, 6) is -4.69. The predicted octanol–water partition coefficient (Wildman–Crippen LogP) is 5.84. The van der Waals surface area contributed by atoms with Gasteiger partial charge in [-0.2, -0.15) is 8.78 Å². The van der Waals surface area contributed by atoms with E-state index in [0.717, 1.165) is 31.7 Å². The number of carbonyl (C=O) groups is 3. The maximum atomic E-state index is 15.5. The van der Waals surface area contributed by atoms with Gasteiger partial charge in [0.1, 0.15) is 11.6 Å². The van der Waals surface area contributed by atoms with Gasteiger partial charge in [-0.25, -0.2) is 9.69 Å². The Bertz CT molecular complexity index is 1140. The van der Waals surface area contributed by atoms with Crippen LogP contribution >= 0.6 is 0 Å². The highest BCUT2D eigenvalue weighted by Gasteiger charge is 2.64. The van der Waals surface area contributed by atoms with E-state index in [1.54, 1.807) is 6.07 Å². The quantitative estimate of drug-likeness (QED) is 0.448. The summed E-state index contributed by atoms with van der Waals surface area (Å²) in [4.78, 5) is 38.1. The zero-order chi connectivity index (χ0) is 26.1. The molecule has 1 saturated carbocycles. The molecule has 0 spiro atoms. The second-order valence-corrected chi connectivity index (χ2v) is 10.3. The van der Waals surface area contributed by atoms with Gasteiger partial charge in [-0.15, -0.1) is 0 Å². The minimum absolute atomic E-state index is 0.00691. The van der Waals surface area contributed by atoms with Gasteiger partial charge in [0.25, 0.3) is 12.4 Å². The zero-order valence-electron chi connectivity index (χ0n) is 20.7. The van der Waals surface area contributed by atoms with Crippen LogP contribution in [0.5, 0.6) is 0 Å². The molecule has 2 aliphatic rings. The third kappa shape index (κ3) is 4.16. The summed E-state index contributed by atoms with van der Waals surface area (Å²) in [6.07, 6.45) is 1.49. The first-order valence-electron chi connectivity index (χ1n) is 12.2.